The zero-order valence-electron chi connectivity index (χ0n) is 19.7. The Hall–Kier alpha value is -4.14. The number of amides is 1. The van der Waals surface area contributed by atoms with Gasteiger partial charge in [0.25, 0.3) is 11.7 Å². The Morgan fingerprint density at radius 2 is 1.41 bits per heavy atom. The second-order valence-corrected chi connectivity index (χ2v) is 7.62. The maximum Gasteiger partial charge on any atom is 0.380 e. The van der Waals surface area contributed by atoms with E-state index in [1.807, 2.05) is 24.3 Å². The lowest BCUT2D eigenvalue weighted by Crippen LogP contribution is -2.34. The smallest absolute Gasteiger partial charge is 0.380 e. The Balaban J connectivity index is 1.73. The van der Waals surface area contributed by atoms with E-state index in [1.54, 1.807) is 59.4 Å². The first-order valence-electron chi connectivity index (χ1n) is 10.5. The van der Waals surface area contributed by atoms with Crippen molar-refractivity contribution in [3.63, 3.8) is 0 Å². The monoisotopic (exact) mass is 465 g/mol. The third kappa shape index (κ3) is 5.43. The number of benzene rings is 2. The Morgan fingerprint density at radius 1 is 0.912 bits per heavy atom. The fourth-order valence-electron chi connectivity index (χ4n) is 3.56. The number of hydrogen-bond acceptors (Lipinski definition) is 7. The number of carbonyl (C=O) groups is 3. The third-order valence-corrected chi connectivity index (χ3v) is 5.46. The van der Waals surface area contributed by atoms with E-state index >= 15 is 0 Å². The number of aromatic nitrogens is 2. The Bertz CT molecular complexity index is 1140. The summed E-state index contributed by atoms with van der Waals surface area (Å²) in [4.78, 5) is 37.5. The van der Waals surface area contributed by atoms with Gasteiger partial charge in [-0.2, -0.15) is 5.10 Å². The average Bonchev–Trinajstić information content (AvgIpc) is 3.11. The van der Waals surface area contributed by atoms with Crippen LogP contribution >= 0.6 is 0 Å². The van der Waals surface area contributed by atoms with Gasteiger partial charge in [-0.3, -0.25) is 14.3 Å². The quantitative estimate of drug-likeness (QED) is 0.294. The molecule has 2 aromatic carbocycles. The molecule has 0 aliphatic heterocycles. The molecule has 3 aromatic rings. The minimum absolute atomic E-state index is 0.183. The van der Waals surface area contributed by atoms with Crippen LogP contribution in [0, 0.1) is 13.8 Å². The number of esters is 1. The molecule has 0 bridgehead atoms. The Labute approximate surface area is 197 Å². The molecular formula is C25H27N3O6. The zero-order valence-corrected chi connectivity index (χ0v) is 19.7. The number of hydrogen-bond donors (Lipinski definition) is 1. The van der Waals surface area contributed by atoms with Gasteiger partial charge < -0.3 is 19.5 Å². The highest BCUT2D eigenvalue weighted by molar-refractivity contribution is 6.41. The van der Waals surface area contributed by atoms with Crippen LogP contribution in [0.3, 0.4) is 0 Å². The van der Waals surface area contributed by atoms with Crippen LogP contribution in [-0.2, 0) is 21.4 Å². The molecule has 0 unspecified atom stereocenters. The van der Waals surface area contributed by atoms with Crippen molar-refractivity contribution in [1.82, 2.24) is 15.1 Å². The molecule has 3 rings (SSSR count). The van der Waals surface area contributed by atoms with Gasteiger partial charge in [0.1, 0.15) is 11.5 Å². The van der Waals surface area contributed by atoms with E-state index in [1.165, 1.54) is 4.68 Å². The summed E-state index contributed by atoms with van der Waals surface area (Å²) >= 11 is 0. The molecule has 1 N–H and O–H groups in total. The van der Waals surface area contributed by atoms with Crippen molar-refractivity contribution < 1.29 is 28.6 Å². The van der Waals surface area contributed by atoms with Crippen molar-refractivity contribution >= 4 is 17.7 Å². The van der Waals surface area contributed by atoms with E-state index in [-0.39, 0.29) is 5.56 Å². The Morgan fingerprint density at radius 3 is 1.82 bits per heavy atom. The molecule has 0 saturated heterocycles. The van der Waals surface area contributed by atoms with Crippen LogP contribution in [0.1, 0.15) is 38.9 Å². The first-order valence-corrected chi connectivity index (χ1v) is 10.5. The van der Waals surface area contributed by atoms with Gasteiger partial charge in [-0.05, 0) is 49.2 Å². The molecule has 0 saturated carbocycles. The van der Waals surface area contributed by atoms with Crippen molar-refractivity contribution in [1.29, 1.82) is 0 Å². The number of Topliss-reactive ketones (excluding diaryl/α,β-unsaturated/α-hetero) is 1. The van der Waals surface area contributed by atoms with Crippen LogP contribution in [0.4, 0.5) is 0 Å². The molecule has 1 heterocycles. The highest BCUT2D eigenvalue weighted by atomic mass is 16.5. The lowest BCUT2D eigenvalue weighted by Gasteiger charge is -2.20. The summed E-state index contributed by atoms with van der Waals surface area (Å²) in [6, 6.07) is 13.9. The van der Waals surface area contributed by atoms with E-state index in [0.29, 0.717) is 22.9 Å². The molecular weight excluding hydrogens is 438 g/mol. The van der Waals surface area contributed by atoms with Gasteiger partial charge in [-0.1, -0.05) is 24.3 Å². The standard InChI is InChI=1S/C25H27N3O6/c1-15-22(16(2)28(3)27-15)24(30)25(31)34-14-21(29)26-23(17-6-10-19(32-4)11-7-17)18-8-12-20(33-5)13-9-18/h6-13,23H,14H2,1-5H3,(H,26,29). The number of ether oxygens (including phenoxy) is 3. The van der Waals surface area contributed by atoms with Crippen molar-refractivity contribution in [3.05, 3.63) is 76.6 Å². The van der Waals surface area contributed by atoms with E-state index in [2.05, 4.69) is 10.4 Å². The van der Waals surface area contributed by atoms with Crippen LogP contribution in [-0.4, -0.2) is 48.3 Å². The molecule has 9 heteroatoms. The SMILES string of the molecule is COc1ccc(C(NC(=O)COC(=O)C(=O)c2c(C)nn(C)c2C)c2ccc(OC)cc2)cc1. The maximum absolute atomic E-state index is 12.7. The normalized spacial score (nSPS) is 10.6. The molecule has 0 radical (unpaired) electrons. The summed E-state index contributed by atoms with van der Waals surface area (Å²) in [5.41, 5.74) is 2.74. The van der Waals surface area contributed by atoms with Gasteiger partial charge in [0.2, 0.25) is 0 Å². The van der Waals surface area contributed by atoms with E-state index < -0.39 is 30.3 Å². The number of rotatable bonds is 9. The lowest BCUT2D eigenvalue weighted by atomic mass is 9.98. The average molecular weight is 466 g/mol. The fourth-order valence-corrected chi connectivity index (χ4v) is 3.56. The van der Waals surface area contributed by atoms with Crippen LogP contribution in [0.25, 0.3) is 0 Å². The van der Waals surface area contributed by atoms with Gasteiger partial charge in [-0.25, -0.2) is 4.79 Å². The second kappa shape index (κ2) is 10.7. The lowest BCUT2D eigenvalue weighted by molar-refractivity contribution is -0.144. The van der Waals surface area contributed by atoms with E-state index in [9.17, 15) is 14.4 Å². The van der Waals surface area contributed by atoms with Crippen molar-refractivity contribution in [2.24, 2.45) is 7.05 Å². The molecule has 0 spiro atoms. The molecule has 178 valence electrons. The molecule has 0 fully saturated rings. The predicted octanol–water partition coefficient (Wildman–Crippen LogP) is 2.69. The molecule has 34 heavy (non-hydrogen) atoms. The van der Waals surface area contributed by atoms with Gasteiger partial charge in [0, 0.05) is 12.7 Å². The molecule has 0 atom stereocenters. The number of ketones is 1. The fraction of sp³-hybridized carbons (Fsp3) is 0.280. The number of carbonyl (C=O) groups excluding carboxylic acids is 3. The molecule has 0 aliphatic carbocycles. The van der Waals surface area contributed by atoms with Gasteiger partial charge >= 0.3 is 5.97 Å². The molecule has 1 amide bonds. The van der Waals surface area contributed by atoms with Crippen LogP contribution < -0.4 is 14.8 Å². The Kier molecular flexibility index (Phi) is 7.68. The van der Waals surface area contributed by atoms with Crippen molar-refractivity contribution in [2.45, 2.75) is 19.9 Å². The predicted molar refractivity (Wildman–Crippen MR) is 124 cm³/mol. The molecule has 1 aromatic heterocycles. The molecule has 9 nitrogen and oxygen atoms in total. The van der Waals surface area contributed by atoms with Gasteiger partial charge in [0.05, 0.1) is 31.5 Å². The summed E-state index contributed by atoms with van der Waals surface area (Å²) in [5.74, 6) is -1.15. The van der Waals surface area contributed by atoms with E-state index in [4.69, 9.17) is 14.2 Å². The zero-order chi connectivity index (χ0) is 24.8. The second-order valence-electron chi connectivity index (χ2n) is 7.62. The van der Waals surface area contributed by atoms with Crippen molar-refractivity contribution in [2.75, 3.05) is 20.8 Å². The van der Waals surface area contributed by atoms with Gasteiger partial charge in [0.15, 0.2) is 6.61 Å². The topological polar surface area (TPSA) is 109 Å². The summed E-state index contributed by atoms with van der Waals surface area (Å²) in [6.07, 6.45) is 0. The third-order valence-electron chi connectivity index (χ3n) is 5.46. The minimum atomic E-state index is -1.11. The highest BCUT2D eigenvalue weighted by Crippen LogP contribution is 2.26. The molecule has 0 aliphatic rings. The number of methoxy groups -OCH3 is 2. The van der Waals surface area contributed by atoms with Crippen molar-refractivity contribution in [3.8, 4) is 11.5 Å². The van der Waals surface area contributed by atoms with Crippen LogP contribution in [0.2, 0.25) is 0 Å². The number of aryl methyl sites for hydroxylation is 2. The minimum Gasteiger partial charge on any atom is -0.497 e. The number of nitrogens with one attached hydrogen (secondary N) is 1. The highest BCUT2D eigenvalue weighted by Gasteiger charge is 2.26. The summed E-state index contributed by atoms with van der Waals surface area (Å²) in [7, 11) is 4.82. The maximum atomic E-state index is 12.7. The summed E-state index contributed by atoms with van der Waals surface area (Å²) in [5, 5.41) is 6.99. The largest absolute Gasteiger partial charge is 0.497 e. The van der Waals surface area contributed by atoms with Gasteiger partial charge in [-0.15, -0.1) is 0 Å². The first kappa shape index (κ1) is 24.5. The van der Waals surface area contributed by atoms with E-state index in [0.717, 1.165) is 11.1 Å². The first-order chi connectivity index (χ1) is 16.2. The number of nitrogens with zero attached hydrogens (tertiary/aromatic N) is 2. The van der Waals surface area contributed by atoms with Crippen LogP contribution in [0.15, 0.2) is 48.5 Å². The van der Waals surface area contributed by atoms with Crippen LogP contribution in [0.5, 0.6) is 11.5 Å². The summed E-state index contributed by atoms with van der Waals surface area (Å²) in [6.45, 7) is 2.71. The summed E-state index contributed by atoms with van der Waals surface area (Å²) < 4.78 is 16.9.